The Balaban J connectivity index is 1.40. The Morgan fingerprint density at radius 2 is 1.76 bits per heavy atom. The molecule has 0 bridgehead atoms. The second kappa shape index (κ2) is 7.13. The van der Waals surface area contributed by atoms with Gasteiger partial charge in [-0.25, -0.2) is 0 Å². The van der Waals surface area contributed by atoms with Crippen molar-refractivity contribution in [2.45, 2.75) is 38.1 Å². The van der Waals surface area contributed by atoms with E-state index in [1.807, 2.05) is 24.3 Å². The second-order valence-electron chi connectivity index (χ2n) is 6.90. The number of carbonyl (C=O) groups is 1. The van der Waals surface area contributed by atoms with Gasteiger partial charge in [-0.1, -0.05) is 0 Å². The molecule has 130 valence electrons. The molecule has 5 nitrogen and oxygen atoms in total. The van der Waals surface area contributed by atoms with Crippen LogP contribution in [0.5, 0.6) is 0 Å². The maximum Gasteiger partial charge on any atom is 0.274 e. The molecule has 1 saturated heterocycles. The van der Waals surface area contributed by atoms with Gasteiger partial charge in [-0.15, -0.1) is 0 Å². The molecule has 1 aliphatic heterocycles. The third-order valence-electron chi connectivity index (χ3n) is 4.79. The number of aromatic nitrogens is 1. The number of carbonyl (C=O) groups excluding carboxylic acids is 1. The van der Waals surface area contributed by atoms with Crippen LogP contribution in [0.25, 0.3) is 0 Å². The molecule has 2 heterocycles. The number of piperidine rings is 1. The number of rotatable bonds is 5. The van der Waals surface area contributed by atoms with Crippen molar-refractivity contribution in [2.24, 2.45) is 0 Å². The van der Waals surface area contributed by atoms with Crippen molar-refractivity contribution in [3.05, 3.63) is 48.3 Å². The van der Waals surface area contributed by atoms with Gasteiger partial charge in [0.2, 0.25) is 0 Å². The quantitative estimate of drug-likeness (QED) is 0.869. The van der Waals surface area contributed by atoms with E-state index in [0.717, 1.165) is 24.5 Å². The number of amides is 1. The van der Waals surface area contributed by atoms with Crippen molar-refractivity contribution >= 4 is 23.0 Å². The SMILES string of the molecule is O=C(Nc1ccc(N2CCCCC2)cc1)c1cc(NC2CC2)ccn1. The van der Waals surface area contributed by atoms with E-state index in [4.69, 9.17) is 0 Å². The normalized spacial score (nSPS) is 17.2. The minimum atomic E-state index is -0.176. The van der Waals surface area contributed by atoms with Gasteiger partial charge in [0.15, 0.2) is 0 Å². The molecule has 1 aromatic heterocycles. The predicted octanol–water partition coefficient (Wildman–Crippen LogP) is 3.90. The molecule has 5 heteroatoms. The second-order valence-corrected chi connectivity index (χ2v) is 6.90. The minimum Gasteiger partial charge on any atom is -0.382 e. The van der Waals surface area contributed by atoms with Crippen LogP contribution >= 0.6 is 0 Å². The van der Waals surface area contributed by atoms with E-state index >= 15 is 0 Å². The number of hydrogen-bond donors (Lipinski definition) is 2. The number of nitrogens with zero attached hydrogens (tertiary/aromatic N) is 2. The Morgan fingerprint density at radius 1 is 1.00 bits per heavy atom. The van der Waals surface area contributed by atoms with E-state index < -0.39 is 0 Å². The van der Waals surface area contributed by atoms with Gasteiger partial charge < -0.3 is 15.5 Å². The molecule has 2 aromatic rings. The monoisotopic (exact) mass is 336 g/mol. The molecule has 0 radical (unpaired) electrons. The average Bonchev–Trinajstić information content (AvgIpc) is 3.47. The highest BCUT2D eigenvalue weighted by atomic mass is 16.1. The zero-order chi connectivity index (χ0) is 17.1. The van der Waals surface area contributed by atoms with Crippen molar-refractivity contribution in [3.8, 4) is 0 Å². The van der Waals surface area contributed by atoms with E-state index in [-0.39, 0.29) is 5.91 Å². The van der Waals surface area contributed by atoms with Crippen LogP contribution in [-0.2, 0) is 0 Å². The van der Waals surface area contributed by atoms with Gasteiger partial charge in [0.25, 0.3) is 5.91 Å². The first kappa shape index (κ1) is 15.9. The van der Waals surface area contributed by atoms with Crippen LogP contribution in [0.4, 0.5) is 17.1 Å². The van der Waals surface area contributed by atoms with Crippen LogP contribution in [0.3, 0.4) is 0 Å². The molecule has 1 aromatic carbocycles. The Kier molecular flexibility index (Phi) is 4.55. The van der Waals surface area contributed by atoms with Crippen LogP contribution in [0, 0.1) is 0 Å². The highest BCUT2D eigenvalue weighted by Crippen LogP contribution is 2.25. The number of hydrogen-bond acceptors (Lipinski definition) is 4. The van der Waals surface area contributed by atoms with E-state index in [2.05, 4.69) is 32.7 Å². The molecule has 1 aliphatic carbocycles. The maximum absolute atomic E-state index is 12.4. The lowest BCUT2D eigenvalue weighted by atomic mass is 10.1. The summed E-state index contributed by atoms with van der Waals surface area (Å²) in [6.07, 6.45) is 7.93. The first-order valence-corrected chi connectivity index (χ1v) is 9.17. The molecule has 0 unspecified atom stereocenters. The molecule has 4 rings (SSSR count). The first-order valence-electron chi connectivity index (χ1n) is 9.17. The molecule has 1 amide bonds. The van der Waals surface area contributed by atoms with Crippen molar-refractivity contribution in [2.75, 3.05) is 28.6 Å². The average molecular weight is 336 g/mol. The molecule has 2 aliphatic rings. The van der Waals surface area contributed by atoms with E-state index in [1.54, 1.807) is 6.20 Å². The Hall–Kier alpha value is -2.56. The van der Waals surface area contributed by atoms with Crippen molar-refractivity contribution < 1.29 is 4.79 Å². The smallest absolute Gasteiger partial charge is 0.274 e. The van der Waals surface area contributed by atoms with Gasteiger partial charge in [-0.3, -0.25) is 9.78 Å². The first-order chi connectivity index (χ1) is 12.3. The third-order valence-corrected chi connectivity index (χ3v) is 4.79. The minimum absolute atomic E-state index is 0.176. The van der Waals surface area contributed by atoms with Gasteiger partial charge in [0.1, 0.15) is 5.69 Å². The number of benzene rings is 1. The molecule has 0 spiro atoms. The van der Waals surface area contributed by atoms with Gasteiger partial charge in [0, 0.05) is 42.4 Å². The lowest BCUT2D eigenvalue weighted by Crippen LogP contribution is -2.29. The maximum atomic E-state index is 12.4. The van der Waals surface area contributed by atoms with Gasteiger partial charge in [-0.2, -0.15) is 0 Å². The predicted molar refractivity (Wildman–Crippen MR) is 101 cm³/mol. The number of pyridine rings is 1. The standard InChI is InChI=1S/C20H24N4O/c25-20(19-14-17(10-11-21-19)22-15-4-5-15)23-16-6-8-18(9-7-16)24-12-2-1-3-13-24/h6-11,14-15H,1-5,12-13H2,(H,21,22)(H,23,25). The fraction of sp³-hybridized carbons (Fsp3) is 0.400. The fourth-order valence-corrected chi connectivity index (χ4v) is 3.21. The lowest BCUT2D eigenvalue weighted by molar-refractivity contribution is 0.102. The van der Waals surface area contributed by atoms with Crippen LogP contribution in [0.1, 0.15) is 42.6 Å². The molecule has 1 saturated carbocycles. The topological polar surface area (TPSA) is 57.3 Å². The van der Waals surface area contributed by atoms with Gasteiger partial charge >= 0.3 is 0 Å². The lowest BCUT2D eigenvalue weighted by Gasteiger charge is -2.28. The van der Waals surface area contributed by atoms with E-state index in [9.17, 15) is 4.79 Å². The summed E-state index contributed by atoms with van der Waals surface area (Å²) in [6, 6.07) is 12.4. The largest absolute Gasteiger partial charge is 0.382 e. The summed E-state index contributed by atoms with van der Waals surface area (Å²) < 4.78 is 0. The summed E-state index contributed by atoms with van der Waals surface area (Å²) in [7, 11) is 0. The molecule has 2 fully saturated rings. The highest BCUT2D eigenvalue weighted by molar-refractivity contribution is 6.03. The molecule has 0 atom stereocenters. The van der Waals surface area contributed by atoms with Crippen molar-refractivity contribution in [3.63, 3.8) is 0 Å². The van der Waals surface area contributed by atoms with Crippen molar-refractivity contribution in [1.82, 2.24) is 4.98 Å². The molecular formula is C20H24N4O. The fourth-order valence-electron chi connectivity index (χ4n) is 3.21. The van der Waals surface area contributed by atoms with Crippen LogP contribution in [-0.4, -0.2) is 30.0 Å². The molecular weight excluding hydrogens is 312 g/mol. The van der Waals surface area contributed by atoms with Crippen LogP contribution in [0.2, 0.25) is 0 Å². The van der Waals surface area contributed by atoms with E-state index in [1.165, 1.54) is 37.8 Å². The third kappa shape index (κ3) is 4.10. The summed E-state index contributed by atoms with van der Waals surface area (Å²) in [5, 5.41) is 6.33. The number of nitrogens with one attached hydrogen (secondary N) is 2. The zero-order valence-electron chi connectivity index (χ0n) is 14.4. The van der Waals surface area contributed by atoms with Crippen molar-refractivity contribution in [1.29, 1.82) is 0 Å². The summed E-state index contributed by atoms with van der Waals surface area (Å²) in [4.78, 5) is 19.0. The summed E-state index contributed by atoms with van der Waals surface area (Å²) in [5.74, 6) is -0.176. The molecule has 25 heavy (non-hydrogen) atoms. The Bertz CT molecular complexity index is 734. The Labute approximate surface area is 148 Å². The van der Waals surface area contributed by atoms with Crippen LogP contribution < -0.4 is 15.5 Å². The van der Waals surface area contributed by atoms with Gasteiger partial charge in [-0.05, 0) is 68.5 Å². The Morgan fingerprint density at radius 3 is 2.48 bits per heavy atom. The summed E-state index contributed by atoms with van der Waals surface area (Å²) >= 11 is 0. The van der Waals surface area contributed by atoms with Crippen LogP contribution in [0.15, 0.2) is 42.6 Å². The summed E-state index contributed by atoms with van der Waals surface area (Å²) in [5.41, 5.74) is 3.42. The van der Waals surface area contributed by atoms with E-state index in [0.29, 0.717) is 11.7 Å². The highest BCUT2D eigenvalue weighted by Gasteiger charge is 2.21. The summed E-state index contributed by atoms with van der Waals surface area (Å²) in [6.45, 7) is 2.24. The van der Waals surface area contributed by atoms with Gasteiger partial charge in [0.05, 0.1) is 0 Å². The molecule has 2 N–H and O–H groups in total. The number of anilines is 3. The zero-order valence-corrected chi connectivity index (χ0v) is 14.4.